The van der Waals surface area contributed by atoms with Crippen LogP contribution in [0.1, 0.15) is 0 Å². The predicted octanol–water partition coefficient (Wildman–Crippen LogP) is 2.59. The number of benzene rings is 1. The van der Waals surface area contributed by atoms with Gasteiger partial charge in [-0.15, -0.1) is 0 Å². The number of aromatic nitrogens is 2. The first-order valence-electron chi connectivity index (χ1n) is 5.15. The normalized spacial score (nSPS) is 12.6. The van der Waals surface area contributed by atoms with E-state index in [-0.39, 0.29) is 11.3 Å². The molecule has 10 heteroatoms. The van der Waals surface area contributed by atoms with E-state index in [9.17, 15) is 21.6 Å². The van der Waals surface area contributed by atoms with Crippen LogP contribution in [-0.4, -0.2) is 30.3 Å². The molecule has 0 unspecified atom stereocenters. The van der Waals surface area contributed by atoms with Gasteiger partial charge in [-0.2, -0.15) is 13.2 Å². The molecule has 0 atom stereocenters. The fourth-order valence-corrected chi connectivity index (χ4v) is 2.60. The number of nitrogens with one attached hydrogen (secondary N) is 1. The molecular formula is C10H7ClF3N3O2S. The Bertz CT molecular complexity index is 749. The molecule has 1 aromatic carbocycles. The fraction of sp³-hybridized carbons (Fsp3) is 0.200. The number of nitrogens with zero attached hydrogens (tertiary/aromatic N) is 2. The highest BCUT2D eigenvalue weighted by molar-refractivity contribution is 7.92. The molecular weight excluding hydrogens is 319 g/mol. The van der Waals surface area contributed by atoms with Crippen LogP contribution >= 0.6 is 11.6 Å². The van der Waals surface area contributed by atoms with E-state index in [1.54, 1.807) is 16.9 Å². The Morgan fingerprint density at radius 3 is 2.65 bits per heavy atom. The average Bonchev–Trinajstić information content (AvgIpc) is 2.24. The quantitative estimate of drug-likeness (QED) is 0.941. The number of fused-ring (bicyclic) bond motifs is 1. The van der Waals surface area contributed by atoms with E-state index >= 15 is 0 Å². The molecule has 1 aromatic heterocycles. The summed E-state index contributed by atoms with van der Waals surface area (Å²) < 4.78 is 60.6. The van der Waals surface area contributed by atoms with Crippen LogP contribution in [0, 0.1) is 0 Å². The van der Waals surface area contributed by atoms with Crippen molar-refractivity contribution in [2.75, 3.05) is 10.5 Å². The second-order valence-corrected chi connectivity index (χ2v) is 5.97. The molecule has 5 nitrogen and oxygen atoms in total. The average molecular weight is 326 g/mol. The van der Waals surface area contributed by atoms with Gasteiger partial charge in [0.1, 0.15) is 5.52 Å². The number of para-hydroxylation sites is 1. The number of hydrogen-bond acceptors (Lipinski definition) is 4. The largest absolute Gasteiger partial charge is 0.404 e. The van der Waals surface area contributed by atoms with E-state index in [1.165, 1.54) is 6.07 Å². The molecule has 20 heavy (non-hydrogen) atoms. The van der Waals surface area contributed by atoms with Gasteiger partial charge in [-0.3, -0.25) is 4.72 Å². The van der Waals surface area contributed by atoms with Crippen molar-refractivity contribution in [3.8, 4) is 0 Å². The summed E-state index contributed by atoms with van der Waals surface area (Å²) in [7, 11) is -4.58. The lowest BCUT2D eigenvalue weighted by atomic mass is 10.3. The Balaban J connectivity index is 2.31. The maximum Gasteiger partial charge on any atom is 0.404 e. The lowest BCUT2D eigenvalue weighted by Gasteiger charge is -2.09. The molecule has 0 aliphatic heterocycles. The highest BCUT2D eigenvalue weighted by Gasteiger charge is 2.35. The minimum Gasteiger partial charge on any atom is -0.266 e. The Hall–Kier alpha value is -1.61. The summed E-state index contributed by atoms with van der Waals surface area (Å²) in [6.45, 7) is 0. The van der Waals surface area contributed by atoms with Crippen molar-refractivity contribution in [1.29, 1.82) is 0 Å². The molecule has 0 saturated heterocycles. The summed E-state index contributed by atoms with van der Waals surface area (Å²) >= 11 is 5.84. The Labute approximate surface area is 116 Å². The van der Waals surface area contributed by atoms with Crippen LogP contribution in [0.2, 0.25) is 5.02 Å². The number of anilines is 1. The summed E-state index contributed by atoms with van der Waals surface area (Å²) in [5, 5.41) is 0.305. The molecule has 108 valence electrons. The smallest absolute Gasteiger partial charge is 0.266 e. The molecule has 2 aromatic rings. The summed E-state index contributed by atoms with van der Waals surface area (Å²) in [4.78, 5) is 7.71. The van der Waals surface area contributed by atoms with Crippen LogP contribution < -0.4 is 4.72 Å². The van der Waals surface area contributed by atoms with Gasteiger partial charge in [-0.05, 0) is 12.1 Å². The summed E-state index contributed by atoms with van der Waals surface area (Å²) in [5.41, 5.74) is 0.595. The number of halogens is 4. The first-order valence-corrected chi connectivity index (χ1v) is 7.18. The molecule has 0 bridgehead atoms. The van der Waals surface area contributed by atoms with Crippen molar-refractivity contribution in [2.24, 2.45) is 0 Å². The van der Waals surface area contributed by atoms with Crippen molar-refractivity contribution >= 4 is 38.5 Å². The van der Waals surface area contributed by atoms with E-state index in [4.69, 9.17) is 11.6 Å². The highest BCUT2D eigenvalue weighted by atomic mass is 35.5. The third-order valence-corrected chi connectivity index (χ3v) is 3.67. The molecule has 0 radical (unpaired) electrons. The zero-order valence-corrected chi connectivity index (χ0v) is 11.2. The van der Waals surface area contributed by atoms with Crippen molar-refractivity contribution in [3.63, 3.8) is 0 Å². The number of hydrogen-bond donors (Lipinski definition) is 1. The second-order valence-electron chi connectivity index (χ2n) is 3.84. The Kier molecular flexibility index (Phi) is 3.74. The van der Waals surface area contributed by atoms with E-state index < -0.39 is 22.0 Å². The van der Waals surface area contributed by atoms with Crippen molar-refractivity contribution in [1.82, 2.24) is 9.97 Å². The molecule has 0 amide bonds. The lowest BCUT2D eigenvalue weighted by Crippen LogP contribution is -2.28. The summed E-state index contributed by atoms with van der Waals surface area (Å²) in [6.07, 6.45) is -3.83. The molecule has 0 spiro atoms. The van der Waals surface area contributed by atoms with Crippen LogP contribution in [-0.2, 0) is 10.0 Å². The van der Waals surface area contributed by atoms with Crippen molar-refractivity contribution < 1.29 is 21.6 Å². The van der Waals surface area contributed by atoms with E-state index in [2.05, 4.69) is 9.97 Å². The maximum absolute atomic E-state index is 12.1. The van der Waals surface area contributed by atoms with Gasteiger partial charge in [-0.25, -0.2) is 18.4 Å². The molecule has 0 fully saturated rings. The molecule has 0 aliphatic rings. The summed E-state index contributed by atoms with van der Waals surface area (Å²) in [5.74, 6) is -2.29. The van der Waals surface area contributed by atoms with Gasteiger partial charge >= 0.3 is 6.18 Å². The van der Waals surface area contributed by atoms with Crippen LogP contribution in [0.15, 0.2) is 24.4 Å². The second kappa shape index (κ2) is 5.06. The molecule has 2 rings (SSSR count). The Morgan fingerprint density at radius 1 is 1.30 bits per heavy atom. The van der Waals surface area contributed by atoms with Gasteiger partial charge in [0.25, 0.3) is 0 Å². The summed E-state index contributed by atoms with van der Waals surface area (Å²) in [6, 6.07) is 4.63. The van der Waals surface area contributed by atoms with Gasteiger partial charge in [-0.1, -0.05) is 17.7 Å². The van der Waals surface area contributed by atoms with E-state index in [0.29, 0.717) is 10.5 Å². The number of alkyl halides is 3. The minimum atomic E-state index is -4.83. The molecule has 1 N–H and O–H groups in total. The van der Waals surface area contributed by atoms with Crippen LogP contribution in [0.25, 0.3) is 11.0 Å². The number of rotatable bonds is 3. The SMILES string of the molecule is O=S(=O)(CC(F)(F)F)Nc1cnc2c(Cl)cccc2n1. The van der Waals surface area contributed by atoms with Gasteiger partial charge in [0.2, 0.25) is 10.0 Å². The van der Waals surface area contributed by atoms with Crippen LogP contribution in [0.3, 0.4) is 0 Å². The van der Waals surface area contributed by atoms with Crippen molar-refractivity contribution in [2.45, 2.75) is 6.18 Å². The molecule has 0 saturated carbocycles. The molecule has 0 aliphatic carbocycles. The Morgan fingerprint density at radius 2 is 2.00 bits per heavy atom. The number of sulfonamides is 1. The lowest BCUT2D eigenvalue weighted by molar-refractivity contribution is -0.106. The standard InChI is InChI=1S/C10H7ClF3N3O2S/c11-6-2-1-3-7-9(6)15-4-8(16-7)17-20(18,19)5-10(12,13)14/h1-4H,5H2,(H,16,17). The molecule has 1 heterocycles. The van der Waals surface area contributed by atoms with Crippen LogP contribution in [0.5, 0.6) is 0 Å². The van der Waals surface area contributed by atoms with Gasteiger partial charge in [0.05, 0.1) is 16.7 Å². The highest BCUT2D eigenvalue weighted by Crippen LogP contribution is 2.22. The monoisotopic (exact) mass is 325 g/mol. The third kappa shape index (κ3) is 3.70. The minimum absolute atomic E-state index is 0.268. The van der Waals surface area contributed by atoms with Crippen molar-refractivity contribution in [3.05, 3.63) is 29.4 Å². The van der Waals surface area contributed by atoms with E-state index in [1.807, 2.05) is 0 Å². The van der Waals surface area contributed by atoms with Gasteiger partial charge < -0.3 is 0 Å². The van der Waals surface area contributed by atoms with E-state index in [0.717, 1.165) is 6.20 Å². The zero-order valence-electron chi connectivity index (χ0n) is 9.65. The topological polar surface area (TPSA) is 72.0 Å². The van der Waals surface area contributed by atoms with Crippen LogP contribution in [0.4, 0.5) is 19.0 Å². The first-order chi connectivity index (χ1) is 9.16. The maximum atomic E-state index is 12.1. The van der Waals surface area contributed by atoms with Gasteiger partial charge in [0.15, 0.2) is 11.6 Å². The fourth-order valence-electron chi connectivity index (χ4n) is 1.47. The third-order valence-electron chi connectivity index (χ3n) is 2.14. The van der Waals surface area contributed by atoms with Gasteiger partial charge in [0, 0.05) is 0 Å². The zero-order chi connectivity index (χ0) is 15.0. The predicted molar refractivity (Wildman–Crippen MR) is 68.0 cm³/mol. The first kappa shape index (κ1) is 14.8.